The molecule has 0 saturated carbocycles. The van der Waals surface area contributed by atoms with Gasteiger partial charge in [-0.2, -0.15) is 0 Å². The molecule has 0 fully saturated rings. The average Bonchev–Trinajstić information content (AvgIpc) is 3.66. The van der Waals surface area contributed by atoms with Crippen molar-refractivity contribution < 1.29 is 4.42 Å². The monoisotopic (exact) mass is 574 g/mol. The van der Waals surface area contributed by atoms with Gasteiger partial charge in [0, 0.05) is 21.9 Å². The normalized spacial score (nSPS) is 11.8. The molecule has 0 unspecified atom stereocenters. The van der Waals surface area contributed by atoms with Crippen molar-refractivity contribution in [2.24, 2.45) is 0 Å². The maximum absolute atomic E-state index is 6.97. The van der Waals surface area contributed by atoms with Crippen molar-refractivity contribution in [3.05, 3.63) is 146 Å². The van der Waals surface area contributed by atoms with Crippen LogP contribution in [0.5, 0.6) is 0 Å². The summed E-state index contributed by atoms with van der Waals surface area (Å²) in [6.45, 7) is 4.00. The van der Waals surface area contributed by atoms with Gasteiger partial charge in [-0.25, -0.2) is 0 Å². The summed E-state index contributed by atoms with van der Waals surface area (Å²) in [5, 5.41) is 9.89. The molecule has 0 radical (unpaired) electrons. The van der Waals surface area contributed by atoms with Gasteiger partial charge in [-0.15, -0.1) is 0 Å². The third kappa shape index (κ3) is 3.62. The molecule has 1 heterocycles. The Morgan fingerprint density at radius 3 is 1.49 bits per heavy atom. The Bertz CT molecular complexity index is 2590. The van der Waals surface area contributed by atoms with Gasteiger partial charge in [-0.05, 0) is 71.8 Å². The van der Waals surface area contributed by atoms with Gasteiger partial charge in [0.2, 0.25) is 0 Å². The second-order valence-corrected chi connectivity index (χ2v) is 11.6. The Morgan fingerprint density at radius 1 is 0.311 bits per heavy atom. The highest BCUT2D eigenvalue weighted by Gasteiger charge is 2.24. The van der Waals surface area contributed by atoms with Gasteiger partial charge in [0.1, 0.15) is 11.2 Å². The molecular formula is C44H30O. The van der Waals surface area contributed by atoms with Crippen LogP contribution in [0.15, 0.2) is 150 Å². The fourth-order valence-corrected chi connectivity index (χ4v) is 7.56. The first-order valence-corrected chi connectivity index (χ1v) is 15.9. The highest BCUT2D eigenvalue weighted by molar-refractivity contribution is 6.22. The summed E-state index contributed by atoms with van der Waals surface area (Å²) in [7, 11) is 0. The molecule has 1 heteroatoms. The van der Waals surface area contributed by atoms with Crippen molar-refractivity contribution in [2.45, 2.75) is 13.8 Å². The van der Waals surface area contributed by atoms with Gasteiger partial charge in [0.05, 0.1) is 0 Å². The molecule has 8 aromatic carbocycles. The van der Waals surface area contributed by atoms with Gasteiger partial charge in [0.25, 0.3) is 0 Å². The second-order valence-electron chi connectivity index (χ2n) is 11.6. The van der Waals surface area contributed by atoms with Crippen LogP contribution in [0, 0.1) is 0 Å². The summed E-state index contributed by atoms with van der Waals surface area (Å²) >= 11 is 0. The van der Waals surface area contributed by atoms with Gasteiger partial charge in [-0.1, -0.05) is 153 Å². The number of rotatable bonds is 2. The van der Waals surface area contributed by atoms with E-state index < -0.39 is 0 Å². The molecule has 1 aliphatic rings. The molecule has 1 nitrogen and oxygen atoms in total. The number of para-hydroxylation sites is 2. The molecule has 0 saturated heterocycles. The second kappa shape index (κ2) is 9.94. The topological polar surface area (TPSA) is 13.1 Å². The first kappa shape index (κ1) is 25.8. The molecule has 1 aromatic heterocycles. The number of benzene rings is 8. The zero-order valence-electron chi connectivity index (χ0n) is 25.3. The first-order valence-electron chi connectivity index (χ1n) is 15.9. The van der Waals surface area contributed by atoms with Crippen LogP contribution in [0.2, 0.25) is 0 Å². The van der Waals surface area contributed by atoms with E-state index in [1.807, 2.05) is 13.8 Å². The number of hydrogen-bond donors (Lipinski definition) is 0. The van der Waals surface area contributed by atoms with Crippen molar-refractivity contribution in [3.63, 3.8) is 0 Å². The van der Waals surface area contributed by atoms with Crippen LogP contribution in [0.4, 0.5) is 0 Å². The van der Waals surface area contributed by atoms with E-state index in [0.29, 0.717) is 0 Å². The predicted molar refractivity (Wildman–Crippen MR) is 193 cm³/mol. The maximum atomic E-state index is 6.97. The van der Waals surface area contributed by atoms with E-state index in [4.69, 9.17) is 4.42 Å². The van der Waals surface area contributed by atoms with Crippen molar-refractivity contribution in [3.8, 4) is 44.5 Å². The number of hydrogen-bond acceptors (Lipinski definition) is 1. The molecule has 0 N–H and O–H groups in total. The van der Waals surface area contributed by atoms with Crippen molar-refractivity contribution >= 4 is 54.3 Å². The van der Waals surface area contributed by atoms with E-state index in [-0.39, 0.29) is 0 Å². The van der Waals surface area contributed by atoms with Crippen LogP contribution in [0.3, 0.4) is 0 Å². The molecule has 10 rings (SSSR count). The summed E-state index contributed by atoms with van der Waals surface area (Å²) < 4.78 is 6.97. The van der Waals surface area contributed by atoms with Crippen LogP contribution in [-0.4, -0.2) is 0 Å². The minimum Gasteiger partial charge on any atom is -0.455 e. The Morgan fingerprint density at radius 2 is 0.778 bits per heavy atom. The maximum Gasteiger partial charge on any atom is 0.143 e. The molecule has 0 aliphatic heterocycles. The Balaban J connectivity index is 0.00000138. The largest absolute Gasteiger partial charge is 0.455 e. The highest BCUT2D eigenvalue weighted by Crippen LogP contribution is 2.50. The van der Waals surface area contributed by atoms with E-state index in [9.17, 15) is 0 Å². The molecule has 0 amide bonds. The predicted octanol–water partition coefficient (Wildman–Crippen LogP) is 13.1. The SMILES string of the molecule is CC.c1ccc2c(c1)-c1cccc3c(-c4cccc5c4oc4c(-c6cc7ccccc7c7ccccc67)cccc45)ccc-2c13. The Labute approximate surface area is 262 Å². The van der Waals surface area contributed by atoms with Gasteiger partial charge >= 0.3 is 0 Å². The van der Waals surface area contributed by atoms with Crippen LogP contribution < -0.4 is 0 Å². The standard InChI is InChI=1S/C42H24O.C2H6/c1-2-11-26-25(10-1)24-39(30-15-6-3-12-27(26)30)38-21-9-20-37-36-19-8-18-35(41(36)43-42(37)38)31-22-23-34-29-14-5-4-13-28(29)32-16-7-17-33(31)40(32)34;1-2/h1-24H;1-2H3. The van der Waals surface area contributed by atoms with E-state index in [1.165, 1.54) is 65.7 Å². The fraction of sp³-hybridized carbons (Fsp3) is 0.0455. The molecule has 0 spiro atoms. The van der Waals surface area contributed by atoms with Crippen LogP contribution >= 0.6 is 0 Å². The lowest BCUT2D eigenvalue weighted by Crippen LogP contribution is -1.85. The van der Waals surface area contributed by atoms with Gasteiger partial charge < -0.3 is 4.42 Å². The summed E-state index contributed by atoms with van der Waals surface area (Å²) in [6, 6.07) is 52.9. The average molecular weight is 575 g/mol. The summed E-state index contributed by atoms with van der Waals surface area (Å²) in [5.74, 6) is 0. The lowest BCUT2D eigenvalue weighted by atomic mass is 9.92. The van der Waals surface area contributed by atoms with Crippen LogP contribution in [0.25, 0.3) is 98.8 Å². The molecule has 0 atom stereocenters. The third-order valence-electron chi connectivity index (χ3n) is 9.42. The highest BCUT2D eigenvalue weighted by atomic mass is 16.3. The summed E-state index contributed by atoms with van der Waals surface area (Å²) in [5.41, 5.74) is 11.8. The zero-order chi connectivity index (χ0) is 30.1. The third-order valence-corrected chi connectivity index (χ3v) is 9.42. The van der Waals surface area contributed by atoms with Crippen molar-refractivity contribution in [1.82, 2.24) is 0 Å². The van der Waals surface area contributed by atoms with E-state index in [0.717, 1.165) is 33.1 Å². The lowest BCUT2D eigenvalue weighted by Gasteiger charge is -2.11. The van der Waals surface area contributed by atoms with Crippen molar-refractivity contribution in [1.29, 1.82) is 0 Å². The molecule has 9 aromatic rings. The number of furan rings is 1. The summed E-state index contributed by atoms with van der Waals surface area (Å²) in [4.78, 5) is 0. The van der Waals surface area contributed by atoms with Crippen molar-refractivity contribution in [2.75, 3.05) is 0 Å². The zero-order valence-corrected chi connectivity index (χ0v) is 25.3. The van der Waals surface area contributed by atoms with Gasteiger partial charge in [0.15, 0.2) is 0 Å². The summed E-state index contributed by atoms with van der Waals surface area (Å²) in [6.07, 6.45) is 0. The van der Waals surface area contributed by atoms with E-state index in [2.05, 4.69) is 146 Å². The lowest BCUT2D eigenvalue weighted by molar-refractivity contribution is 0.671. The smallest absolute Gasteiger partial charge is 0.143 e. The van der Waals surface area contributed by atoms with Gasteiger partial charge in [-0.3, -0.25) is 0 Å². The molecule has 212 valence electrons. The Hall–Kier alpha value is -5.66. The van der Waals surface area contributed by atoms with Crippen LogP contribution in [-0.2, 0) is 0 Å². The molecule has 1 aliphatic carbocycles. The first-order chi connectivity index (χ1) is 22.3. The molecule has 45 heavy (non-hydrogen) atoms. The Kier molecular flexibility index (Phi) is 5.70. The van der Waals surface area contributed by atoms with Crippen LogP contribution in [0.1, 0.15) is 13.8 Å². The fourth-order valence-electron chi connectivity index (χ4n) is 7.56. The van der Waals surface area contributed by atoms with E-state index in [1.54, 1.807) is 0 Å². The molecule has 0 bridgehead atoms. The number of fused-ring (bicyclic) bond motifs is 9. The minimum absolute atomic E-state index is 0.934. The quantitative estimate of drug-likeness (QED) is 0.187. The van der Waals surface area contributed by atoms with E-state index >= 15 is 0 Å². The minimum atomic E-state index is 0.934. The molecular weight excluding hydrogens is 544 g/mol.